The number of carbonyl (C=O) groups is 1. The SMILES string of the molecule is COC1=C(C)C(=O)OC1=C1OC2=CC3C=CC4(CCCC(C(O)CCCC(C)C)N4C3)C2C1C. The van der Waals surface area contributed by atoms with Gasteiger partial charge in [0, 0.05) is 30.3 Å². The molecule has 5 aliphatic heterocycles. The van der Waals surface area contributed by atoms with Crippen LogP contribution in [-0.2, 0) is 19.0 Å². The number of nitrogens with zero attached hydrogens (tertiary/aromatic N) is 1. The van der Waals surface area contributed by atoms with E-state index in [1.807, 2.05) is 0 Å². The first-order valence-electron chi connectivity index (χ1n) is 13.0. The number of aliphatic hydroxyl groups is 1. The minimum absolute atomic E-state index is 0.0194. The van der Waals surface area contributed by atoms with Crippen molar-refractivity contribution in [3.05, 3.63) is 46.8 Å². The third kappa shape index (κ3) is 3.65. The van der Waals surface area contributed by atoms with Gasteiger partial charge in [-0.25, -0.2) is 4.79 Å². The molecule has 5 heterocycles. The van der Waals surface area contributed by atoms with Crippen LogP contribution in [0.5, 0.6) is 0 Å². The lowest BCUT2D eigenvalue weighted by molar-refractivity contribution is -0.133. The zero-order valence-electron chi connectivity index (χ0n) is 21.2. The van der Waals surface area contributed by atoms with E-state index < -0.39 is 0 Å². The smallest absolute Gasteiger partial charge is 0.343 e. The van der Waals surface area contributed by atoms with Crippen LogP contribution < -0.4 is 0 Å². The number of carbonyl (C=O) groups excluding carboxylic acids is 1. The molecule has 0 aromatic rings. The zero-order chi connectivity index (χ0) is 24.2. The molecule has 6 unspecified atom stereocenters. The molecule has 2 saturated heterocycles. The summed E-state index contributed by atoms with van der Waals surface area (Å²) < 4.78 is 17.7. The molecular formula is C28H39NO5. The minimum atomic E-state index is -0.375. The summed E-state index contributed by atoms with van der Waals surface area (Å²) in [4.78, 5) is 14.9. The van der Waals surface area contributed by atoms with Crippen molar-refractivity contribution in [2.45, 2.75) is 83.9 Å². The van der Waals surface area contributed by atoms with Gasteiger partial charge >= 0.3 is 5.97 Å². The van der Waals surface area contributed by atoms with Crippen LogP contribution in [0.1, 0.15) is 66.2 Å². The van der Waals surface area contributed by atoms with Crippen LogP contribution in [0, 0.1) is 23.7 Å². The third-order valence-corrected chi connectivity index (χ3v) is 8.62. The molecule has 34 heavy (non-hydrogen) atoms. The second kappa shape index (κ2) is 8.87. The molecule has 0 aromatic heterocycles. The number of allylic oxidation sites excluding steroid dienone is 1. The number of esters is 1. The third-order valence-electron chi connectivity index (χ3n) is 8.62. The molecular weight excluding hydrogens is 430 g/mol. The largest absolute Gasteiger partial charge is 0.492 e. The van der Waals surface area contributed by atoms with Gasteiger partial charge in [-0.2, -0.15) is 0 Å². The lowest BCUT2D eigenvalue weighted by Crippen LogP contribution is -2.64. The Kier molecular flexibility index (Phi) is 6.18. The Bertz CT molecular complexity index is 975. The molecule has 1 spiro atoms. The van der Waals surface area contributed by atoms with Crippen LogP contribution in [0.3, 0.4) is 0 Å². The predicted molar refractivity (Wildman–Crippen MR) is 129 cm³/mol. The van der Waals surface area contributed by atoms with Crippen molar-refractivity contribution < 1.29 is 24.1 Å². The van der Waals surface area contributed by atoms with Gasteiger partial charge in [0.1, 0.15) is 5.76 Å². The fraction of sp³-hybridized carbons (Fsp3) is 0.679. The first-order valence-corrected chi connectivity index (χ1v) is 13.0. The number of ether oxygens (including phenoxy) is 3. The molecule has 1 N–H and O–H groups in total. The molecule has 0 radical (unpaired) electrons. The van der Waals surface area contributed by atoms with Crippen molar-refractivity contribution in [2.75, 3.05) is 13.7 Å². The highest BCUT2D eigenvalue weighted by atomic mass is 16.6. The summed E-state index contributed by atoms with van der Waals surface area (Å²) >= 11 is 0. The first kappa shape index (κ1) is 23.7. The molecule has 1 aliphatic carbocycles. The zero-order valence-corrected chi connectivity index (χ0v) is 21.2. The molecule has 2 fully saturated rings. The lowest BCUT2D eigenvalue weighted by atomic mass is 9.68. The van der Waals surface area contributed by atoms with E-state index in [4.69, 9.17) is 14.2 Å². The van der Waals surface area contributed by atoms with Gasteiger partial charge in [0.15, 0.2) is 11.5 Å². The topological polar surface area (TPSA) is 68.2 Å². The van der Waals surface area contributed by atoms with Gasteiger partial charge in [0.05, 0.1) is 24.3 Å². The quantitative estimate of drug-likeness (QED) is 0.444. The van der Waals surface area contributed by atoms with E-state index in [9.17, 15) is 9.90 Å². The number of cyclic esters (lactones) is 1. The van der Waals surface area contributed by atoms with Crippen molar-refractivity contribution in [2.24, 2.45) is 23.7 Å². The van der Waals surface area contributed by atoms with Crippen LogP contribution in [-0.4, -0.2) is 47.3 Å². The number of hydrogen-bond acceptors (Lipinski definition) is 6. The van der Waals surface area contributed by atoms with Crippen LogP contribution in [0.15, 0.2) is 46.8 Å². The minimum Gasteiger partial charge on any atom is -0.492 e. The van der Waals surface area contributed by atoms with E-state index in [-0.39, 0.29) is 41.4 Å². The molecule has 6 atom stereocenters. The lowest BCUT2D eigenvalue weighted by Gasteiger charge is -2.55. The van der Waals surface area contributed by atoms with Crippen molar-refractivity contribution in [1.29, 1.82) is 0 Å². The second-order valence-electron chi connectivity index (χ2n) is 11.2. The van der Waals surface area contributed by atoms with Gasteiger partial charge in [0.2, 0.25) is 5.76 Å². The predicted octanol–water partition coefficient (Wildman–Crippen LogP) is 4.82. The molecule has 0 aromatic carbocycles. The molecule has 6 nitrogen and oxygen atoms in total. The highest BCUT2D eigenvalue weighted by molar-refractivity contribution is 5.93. The van der Waals surface area contributed by atoms with E-state index in [1.54, 1.807) is 14.0 Å². The fourth-order valence-electron chi connectivity index (χ4n) is 6.99. The summed E-state index contributed by atoms with van der Waals surface area (Å²) in [5.41, 5.74) is 0.280. The molecule has 6 heteroatoms. The van der Waals surface area contributed by atoms with Crippen molar-refractivity contribution in [3.8, 4) is 0 Å². The highest BCUT2D eigenvalue weighted by Gasteiger charge is 2.59. The average Bonchev–Trinajstić information content (AvgIpc) is 3.16. The Morgan fingerprint density at radius 1 is 1.29 bits per heavy atom. The molecule has 2 bridgehead atoms. The number of piperidine rings is 1. The molecule has 186 valence electrons. The van der Waals surface area contributed by atoms with Crippen LogP contribution >= 0.6 is 0 Å². The Morgan fingerprint density at radius 2 is 2.09 bits per heavy atom. The summed E-state index contributed by atoms with van der Waals surface area (Å²) in [5, 5.41) is 11.3. The Hall–Kier alpha value is -2.05. The van der Waals surface area contributed by atoms with Crippen molar-refractivity contribution >= 4 is 5.97 Å². The Labute approximate surface area is 203 Å². The second-order valence-corrected chi connectivity index (χ2v) is 11.2. The standard InChI is InChI=1S/C28H39NO5/c1-16(2)8-6-10-21(30)20-9-7-12-28-13-11-19(15-29(20)28)14-22-23(28)17(3)25(33-22)26-24(32-5)18(4)27(31)34-26/h11,13-14,16-17,19-21,23,30H,6-10,12,15H2,1-5H3. The summed E-state index contributed by atoms with van der Waals surface area (Å²) in [6, 6.07) is 0.158. The van der Waals surface area contributed by atoms with Gasteiger partial charge in [-0.1, -0.05) is 45.8 Å². The van der Waals surface area contributed by atoms with Gasteiger partial charge in [-0.15, -0.1) is 0 Å². The van der Waals surface area contributed by atoms with Crippen LogP contribution in [0.2, 0.25) is 0 Å². The fourth-order valence-corrected chi connectivity index (χ4v) is 6.99. The van der Waals surface area contributed by atoms with E-state index in [0.717, 1.165) is 50.8 Å². The maximum Gasteiger partial charge on any atom is 0.343 e. The molecule has 0 saturated carbocycles. The first-order chi connectivity index (χ1) is 16.3. The molecule has 0 amide bonds. The van der Waals surface area contributed by atoms with Gasteiger partial charge in [-0.05, 0) is 44.6 Å². The van der Waals surface area contributed by atoms with E-state index in [1.165, 1.54) is 0 Å². The normalized spacial score (nSPS) is 37.9. The van der Waals surface area contributed by atoms with E-state index >= 15 is 0 Å². The van der Waals surface area contributed by atoms with Crippen LogP contribution in [0.25, 0.3) is 0 Å². The Balaban J connectivity index is 1.48. The molecule has 6 rings (SSSR count). The number of methoxy groups -OCH3 is 1. The number of rotatable bonds is 6. The highest BCUT2D eigenvalue weighted by Crippen LogP contribution is 2.57. The number of aliphatic hydroxyl groups excluding tert-OH is 1. The van der Waals surface area contributed by atoms with Crippen molar-refractivity contribution in [1.82, 2.24) is 4.90 Å². The van der Waals surface area contributed by atoms with Gasteiger partial charge in [-0.3, -0.25) is 4.90 Å². The summed E-state index contributed by atoms with van der Waals surface area (Å²) in [6.07, 6.45) is 12.9. The van der Waals surface area contributed by atoms with E-state index in [0.29, 0.717) is 28.8 Å². The Morgan fingerprint density at radius 3 is 2.82 bits per heavy atom. The molecule has 6 aliphatic rings. The average molecular weight is 470 g/mol. The summed E-state index contributed by atoms with van der Waals surface area (Å²) in [7, 11) is 1.57. The maximum atomic E-state index is 12.3. The van der Waals surface area contributed by atoms with Crippen molar-refractivity contribution in [3.63, 3.8) is 0 Å². The van der Waals surface area contributed by atoms with Crippen LogP contribution in [0.4, 0.5) is 0 Å². The summed E-state index contributed by atoms with van der Waals surface area (Å²) in [5.74, 6) is 3.23. The van der Waals surface area contributed by atoms with E-state index in [2.05, 4.69) is 43.9 Å². The van der Waals surface area contributed by atoms with Gasteiger partial charge in [0.25, 0.3) is 0 Å². The number of hydrogen-bond donors (Lipinski definition) is 1. The maximum absolute atomic E-state index is 12.3. The monoisotopic (exact) mass is 469 g/mol. The van der Waals surface area contributed by atoms with Gasteiger partial charge < -0.3 is 19.3 Å². The summed E-state index contributed by atoms with van der Waals surface area (Å²) in [6.45, 7) is 9.30.